The lowest BCUT2D eigenvalue weighted by Crippen LogP contribution is -2.46. The van der Waals surface area contributed by atoms with Crippen LogP contribution in [-0.2, 0) is 0 Å². The third-order valence-electron chi connectivity index (χ3n) is 3.34. The summed E-state index contributed by atoms with van der Waals surface area (Å²) in [6.45, 7) is 3.93. The SMILES string of the molecule is CN/N=C1\C(=N)c2c(C)cnc(N)c2N(C)C1C. The van der Waals surface area contributed by atoms with Crippen molar-refractivity contribution in [3.8, 4) is 0 Å². The summed E-state index contributed by atoms with van der Waals surface area (Å²) in [6.07, 6.45) is 1.70. The van der Waals surface area contributed by atoms with Gasteiger partial charge in [-0.1, -0.05) is 0 Å². The number of hydrazone groups is 1. The highest BCUT2D eigenvalue weighted by atomic mass is 15.3. The van der Waals surface area contributed by atoms with E-state index in [1.54, 1.807) is 13.2 Å². The molecule has 1 aromatic rings. The van der Waals surface area contributed by atoms with Crippen molar-refractivity contribution in [1.82, 2.24) is 10.4 Å². The van der Waals surface area contributed by atoms with Crippen LogP contribution < -0.4 is 16.1 Å². The number of aromatic nitrogens is 1. The Balaban J connectivity index is 2.71. The molecule has 0 bridgehead atoms. The zero-order valence-electron chi connectivity index (χ0n) is 11.1. The molecule has 0 spiro atoms. The van der Waals surface area contributed by atoms with Gasteiger partial charge in [0.2, 0.25) is 0 Å². The van der Waals surface area contributed by atoms with Gasteiger partial charge in [-0.2, -0.15) is 5.10 Å². The highest BCUT2D eigenvalue weighted by Gasteiger charge is 2.33. The van der Waals surface area contributed by atoms with Gasteiger partial charge in [0.15, 0.2) is 0 Å². The fraction of sp³-hybridized carbons (Fsp3) is 0.417. The minimum absolute atomic E-state index is 0.0108. The molecule has 0 amide bonds. The van der Waals surface area contributed by atoms with Crippen LogP contribution in [0.15, 0.2) is 11.3 Å². The van der Waals surface area contributed by atoms with Crippen molar-refractivity contribution in [2.75, 3.05) is 24.7 Å². The van der Waals surface area contributed by atoms with Crippen LogP contribution in [0.5, 0.6) is 0 Å². The lowest BCUT2D eigenvalue weighted by atomic mass is 9.91. The summed E-state index contributed by atoms with van der Waals surface area (Å²) >= 11 is 0. The third kappa shape index (κ3) is 1.61. The number of hydrogen-bond donors (Lipinski definition) is 3. The summed E-state index contributed by atoms with van der Waals surface area (Å²) < 4.78 is 0. The molecule has 4 N–H and O–H groups in total. The molecule has 1 atom stereocenters. The maximum Gasteiger partial charge on any atom is 0.147 e. The van der Waals surface area contributed by atoms with E-state index in [1.807, 2.05) is 25.8 Å². The van der Waals surface area contributed by atoms with Crippen LogP contribution in [0.4, 0.5) is 11.5 Å². The van der Waals surface area contributed by atoms with Crippen molar-refractivity contribution in [3.05, 3.63) is 17.3 Å². The number of aryl methyl sites for hydroxylation is 1. The number of pyridine rings is 1. The first kappa shape index (κ1) is 12.3. The number of nitrogens with zero attached hydrogens (tertiary/aromatic N) is 3. The van der Waals surface area contributed by atoms with E-state index >= 15 is 0 Å². The topological polar surface area (TPSA) is 90.4 Å². The van der Waals surface area contributed by atoms with Gasteiger partial charge in [-0.3, -0.25) is 5.41 Å². The lowest BCUT2D eigenvalue weighted by Gasteiger charge is -2.36. The van der Waals surface area contributed by atoms with E-state index in [1.165, 1.54) is 0 Å². The molecule has 0 saturated heterocycles. The van der Waals surface area contributed by atoms with Gasteiger partial charge in [-0.15, -0.1) is 0 Å². The number of anilines is 2. The van der Waals surface area contributed by atoms with Crippen LogP contribution in [0.3, 0.4) is 0 Å². The standard InChI is InChI=1S/C12H18N6/c1-6-5-16-12(14)11-8(6)9(13)10(17-15-3)7(2)18(11)4/h5,7,13,15H,1-4H3,(H2,14,16)/b13-9?,17-10-. The first-order valence-corrected chi connectivity index (χ1v) is 5.80. The largest absolute Gasteiger partial charge is 0.382 e. The van der Waals surface area contributed by atoms with Crippen molar-refractivity contribution in [2.24, 2.45) is 5.10 Å². The van der Waals surface area contributed by atoms with Crippen LogP contribution in [0.2, 0.25) is 0 Å². The third-order valence-corrected chi connectivity index (χ3v) is 3.34. The number of nitrogens with two attached hydrogens (primary N) is 1. The van der Waals surface area contributed by atoms with Crippen LogP contribution in [0.1, 0.15) is 18.1 Å². The van der Waals surface area contributed by atoms with Crippen LogP contribution in [0.25, 0.3) is 0 Å². The minimum Gasteiger partial charge on any atom is -0.382 e. The Labute approximate surface area is 106 Å². The predicted molar refractivity (Wildman–Crippen MR) is 74.6 cm³/mol. The normalized spacial score (nSPS) is 21.1. The van der Waals surface area contributed by atoms with Crippen LogP contribution in [-0.4, -0.2) is 36.5 Å². The summed E-state index contributed by atoms with van der Waals surface area (Å²) in [5.74, 6) is 0.457. The second-order valence-electron chi connectivity index (χ2n) is 4.43. The summed E-state index contributed by atoms with van der Waals surface area (Å²) in [5.41, 5.74) is 12.4. The zero-order valence-corrected chi connectivity index (χ0v) is 11.1. The molecule has 0 radical (unpaired) electrons. The monoisotopic (exact) mass is 246 g/mol. The molecule has 2 heterocycles. The highest BCUT2D eigenvalue weighted by Crippen LogP contribution is 2.34. The summed E-state index contributed by atoms with van der Waals surface area (Å²) in [6, 6.07) is -0.0108. The molecule has 2 rings (SSSR count). The molecule has 6 nitrogen and oxygen atoms in total. The first-order chi connectivity index (χ1) is 8.49. The van der Waals surface area contributed by atoms with Gasteiger partial charge in [0.1, 0.15) is 11.5 Å². The molecule has 1 aliphatic heterocycles. The number of hydrogen-bond acceptors (Lipinski definition) is 6. The van der Waals surface area contributed by atoms with Gasteiger partial charge in [-0.25, -0.2) is 4.98 Å². The zero-order chi connectivity index (χ0) is 13.4. The smallest absolute Gasteiger partial charge is 0.147 e. The van der Waals surface area contributed by atoms with Gasteiger partial charge in [0.25, 0.3) is 0 Å². The molecule has 0 aromatic carbocycles. The Morgan fingerprint density at radius 1 is 1.56 bits per heavy atom. The van der Waals surface area contributed by atoms with E-state index in [9.17, 15) is 0 Å². The quantitative estimate of drug-likeness (QED) is 0.638. The van der Waals surface area contributed by atoms with Crippen molar-refractivity contribution < 1.29 is 0 Å². The molecule has 0 saturated carbocycles. The molecule has 1 aromatic heterocycles. The Kier molecular flexibility index (Phi) is 2.94. The summed E-state index contributed by atoms with van der Waals surface area (Å²) in [4.78, 5) is 6.18. The number of nitrogen functional groups attached to an aromatic ring is 1. The van der Waals surface area contributed by atoms with Gasteiger partial charge in [0, 0.05) is 25.9 Å². The molecule has 18 heavy (non-hydrogen) atoms. The molecule has 0 aliphatic carbocycles. The van der Waals surface area contributed by atoms with E-state index in [0.29, 0.717) is 17.2 Å². The Morgan fingerprint density at radius 2 is 2.22 bits per heavy atom. The molecule has 1 aliphatic rings. The van der Waals surface area contributed by atoms with Crippen molar-refractivity contribution in [3.63, 3.8) is 0 Å². The van der Waals surface area contributed by atoms with Crippen LogP contribution >= 0.6 is 0 Å². The van der Waals surface area contributed by atoms with Gasteiger partial charge in [0.05, 0.1) is 17.4 Å². The summed E-state index contributed by atoms with van der Waals surface area (Å²) in [5, 5.41) is 12.5. The van der Waals surface area contributed by atoms with Gasteiger partial charge < -0.3 is 16.1 Å². The highest BCUT2D eigenvalue weighted by molar-refractivity contribution is 6.52. The number of nitrogens with one attached hydrogen (secondary N) is 2. The van der Waals surface area contributed by atoms with E-state index in [-0.39, 0.29) is 6.04 Å². The Morgan fingerprint density at radius 3 is 2.83 bits per heavy atom. The van der Waals surface area contributed by atoms with Gasteiger partial charge >= 0.3 is 0 Å². The van der Waals surface area contributed by atoms with E-state index in [0.717, 1.165) is 16.8 Å². The van der Waals surface area contributed by atoms with Crippen LogP contribution in [0, 0.1) is 12.3 Å². The van der Waals surface area contributed by atoms with Crippen molar-refractivity contribution in [1.29, 1.82) is 5.41 Å². The van der Waals surface area contributed by atoms with E-state index in [2.05, 4.69) is 15.5 Å². The maximum absolute atomic E-state index is 8.31. The molecule has 1 unspecified atom stereocenters. The minimum atomic E-state index is -0.0108. The molecular formula is C12H18N6. The second kappa shape index (κ2) is 4.29. The van der Waals surface area contributed by atoms with E-state index in [4.69, 9.17) is 11.1 Å². The second-order valence-corrected chi connectivity index (χ2v) is 4.43. The van der Waals surface area contributed by atoms with Crippen molar-refractivity contribution >= 4 is 22.9 Å². The first-order valence-electron chi connectivity index (χ1n) is 5.80. The van der Waals surface area contributed by atoms with Crippen molar-refractivity contribution in [2.45, 2.75) is 19.9 Å². The lowest BCUT2D eigenvalue weighted by molar-refractivity contribution is 0.820. The summed E-state index contributed by atoms with van der Waals surface area (Å²) in [7, 11) is 3.68. The van der Waals surface area contributed by atoms with Gasteiger partial charge in [-0.05, 0) is 19.4 Å². The predicted octanol–water partition coefficient (Wildman–Crippen LogP) is 0.754. The molecular weight excluding hydrogens is 228 g/mol. The Bertz CT molecular complexity index is 534. The average Bonchev–Trinajstić information content (AvgIpc) is 2.34. The Hall–Kier alpha value is -2.11. The maximum atomic E-state index is 8.31. The molecule has 0 fully saturated rings. The van der Waals surface area contributed by atoms with E-state index < -0.39 is 0 Å². The number of fused-ring (bicyclic) bond motifs is 1. The fourth-order valence-electron chi connectivity index (χ4n) is 2.26. The fourth-order valence-corrected chi connectivity index (χ4v) is 2.26. The number of rotatable bonds is 1. The molecule has 6 heteroatoms. The average molecular weight is 246 g/mol. The molecule has 96 valence electrons.